The molecule has 2 heterocycles. The standard InChI is InChI=1S/C23H26N2O3/c26-21(27)20-11-14-25(20)22(28)23(19-9-5-2-6-10-19)12-15-24(16-13-23)17-18-7-3-1-4-8-18/h1-10,20H,11-17H2,(H,26,27). The smallest absolute Gasteiger partial charge is 0.326 e. The second kappa shape index (κ2) is 7.76. The fourth-order valence-corrected chi connectivity index (χ4v) is 4.48. The summed E-state index contributed by atoms with van der Waals surface area (Å²) in [5.41, 5.74) is 1.66. The predicted molar refractivity (Wildman–Crippen MR) is 107 cm³/mol. The van der Waals surface area contributed by atoms with E-state index in [9.17, 15) is 14.7 Å². The summed E-state index contributed by atoms with van der Waals surface area (Å²) < 4.78 is 0. The van der Waals surface area contributed by atoms with Crippen LogP contribution in [-0.4, -0.2) is 52.5 Å². The van der Waals surface area contributed by atoms with Crippen molar-refractivity contribution in [2.24, 2.45) is 0 Å². The van der Waals surface area contributed by atoms with Crippen molar-refractivity contribution in [1.82, 2.24) is 9.80 Å². The zero-order valence-electron chi connectivity index (χ0n) is 16.0. The summed E-state index contributed by atoms with van der Waals surface area (Å²) in [5, 5.41) is 9.41. The Kier molecular flexibility index (Phi) is 5.18. The van der Waals surface area contributed by atoms with Crippen LogP contribution in [0.4, 0.5) is 0 Å². The lowest BCUT2D eigenvalue weighted by Crippen LogP contribution is -2.62. The van der Waals surface area contributed by atoms with E-state index in [1.165, 1.54) is 5.56 Å². The Labute approximate surface area is 165 Å². The third-order valence-electron chi connectivity index (χ3n) is 6.26. The van der Waals surface area contributed by atoms with Crippen molar-refractivity contribution in [3.8, 4) is 0 Å². The van der Waals surface area contributed by atoms with Gasteiger partial charge in [0.15, 0.2) is 0 Å². The van der Waals surface area contributed by atoms with E-state index in [4.69, 9.17) is 0 Å². The highest BCUT2D eigenvalue weighted by atomic mass is 16.4. The molecule has 28 heavy (non-hydrogen) atoms. The molecule has 0 aromatic heterocycles. The molecule has 2 aliphatic rings. The molecule has 5 nitrogen and oxygen atoms in total. The molecular weight excluding hydrogens is 352 g/mol. The number of likely N-dealkylation sites (tertiary alicyclic amines) is 2. The van der Waals surface area contributed by atoms with Gasteiger partial charge in [0.1, 0.15) is 6.04 Å². The summed E-state index contributed by atoms with van der Waals surface area (Å²) in [6.07, 6.45) is 1.98. The van der Waals surface area contributed by atoms with Gasteiger partial charge in [-0.25, -0.2) is 4.79 Å². The topological polar surface area (TPSA) is 60.9 Å². The third-order valence-corrected chi connectivity index (χ3v) is 6.26. The van der Waals surface area contributed by atoms with E-state index in [1.807, 2.05) is 48.5 Å². The lowest BCUT2D eigenvalue weighted by molar-refractivity contribution is -0.161. The summed E-state index contributed by atoms with van der Waals surface area (Å²) >= 11 is 0. The van der Waals surface area contributed by atoms with Crippen LogP contribution in [-0.2, 0) is 21.5 Å². The normalized spacial score (nSPS) is 21.7. The average molecular weight is 378 g/mol. The first kappa shape index (κ1) is 18.7. The maximum Gasteiger partial charge on any atom is 0.326 e. The van der Waals surface area contributed by atoms with Gasteiger partial charge in [-0.05, 0) is 43.5 Å². The van der Waals surface area contributed by atoms with Crippen LogP contribution < -0.4 is 0 Å². The van der Waals surface area contributed by atoms with E-state index in [0.717, 1.165) is 25.2 Å². The maximum atomic E-state index is 13.5. The van der Waals surface area contributed by atoms with Crippen LogP contribution >= 0.6 is 0 Å². The Morgan fingerprint density at radius 2 is 1.54 bits per heavy atom. The molecule has 0 aliphatic carbocycles. The molecule has 2 fully saturated rings. The fraction of sp³-hybridized carbons (Fsp3) is 0.391. The van der Waals surface area contributed by atoms with Crippen molar-refractivity contribution in [1.29, 1.82) is 0 Å². The Balaban J connectivity index is 1.55. The molecule has 0 radical (unpaired) electrons. The van der Waals surface area contributed by atoms with E-state index < -0.39 is 17.4 Å². The largest absolute Gasteiger partial charge is 0.480 e. The van der Waals surface area contributed by atoms with Crippen molar-refractivity contribution in [2.45, 2.75) is 37.3 Å². The van der Waals surface area contributed by atoms with Gasteiger partial charge >= 0.3 is 5.97 Å². The summed E-state index contributed by atoms with van der Waals surface area (Å²) in [6.45, 7) is 3.06. The number of rotatable bonds is 5. The molecule has 4 rings (SSSR count). The van der Waals surface area contributed by atoms with Gasteiger partial charge < -0.3 is 10.0 Å². The Morgan fingerprint density at radius 1 is 0.929 bits per heavy atom. The quantitative estimate of drug-likeness (QED) is 0.869. The number of hydrogen-bond acceptors (Lipinski definition) is 3. The van der Waals surface area contributed by atoms with Crippen molar-refractivity contribution in [3.63, 3.8) is 0 Å². The number of nitrogens with zero attached hydrogens (tertiary/aromatic N) is 2. The molecule has 1 N–H and O–H groups in total. The number of hydrogen-bond donors (Lipinski definition) is 1. The molecular formula is C23H26N2O3. The number of amides is 1. The molecule has 5 heteroatoms. The van der Waals surface area contributed by atoms with Crippen LogP contribution in [0.1, 0.15) is 30.4 Å². The van der Waals surface area contributed by atoms with E-state index in [-0.39, 0.29) is 5.91 Å². The van der Waals surface area contributed by atoms with E-state index >= 15 is 0 Å². The number of benzene rings is 2. The van der Waals surface area contributed by atoms with Gasteiger partial charge in [0.2, 0.25) is 5.91 Å². The second-order valence-electron chi connectivity index (χ2n) is 7.85. The fourth-order valence-electron chi connectivity index (χ4n) is 4.48. The predicted octanol–water partition coefficient (Wildman–Crippen LogP) is 2.91. The molecule has 2 saturated heterocycles. The molecule has 1 atom stereocenters. The van der Waals surface area contributed by atoms with Gasteiger partial charge in [-0.2, -0.15) is 0 Å². The van der Waals surface area contributed by atoms with Crippen LogP contribution in [0.2, 0.25) is 0 Å². The number of piperidine rings is 1. The first-order valence-electron chi connectivity index (χ1n) is 9.96. The van der Waals surface area contributed by atoms with Crippen molar-refractivity contribution >= 4 is 11.9 Å². The van der Waals surface area contributed by atoms with Crippen LogP contribution in [0.5, 0.6) is 0 Å². The van der Waals surface area contributed by atoms with Gasteiger partial charge in [0, 0.05) is 13.1 Å². The lowest BCUT2D eigenvalue weighted by Gasteiger charge is -2.48. The molecule has 146 valence electrons. The van der Waals surface area contributed by atoms with Gasteiger partial charge in [0.05, 0.1) is 5.41 Å². The highest BCUT2D eigenvalue weighted by Crippen LogP contribution is 2.40. The van der Waals surface area contributed by atoms with Crippen LogP contribution in [0.25, 0.3) is 0 Å². The van der Waals surface area contributed by atoms with Gasteiger partial charge in [-0.3, -0.25) is 9.69 Å². The number of carbonyl (C=O) groups is 2. The van der Waals surface area contributed by atoms with Gasteiger partial charge in [-0.1, -0.05) is 60.7 Å². The molecule has 0 saturated carbocycles. The Hall–Kier alpha value is -2.66. The maximum absolute atomic E-state index is 13.5. The minimum absolute atomic E-state index is 0.0169. The van der Waals surface area contributed by atoms with Gasteiger partial charge in [0.25, 0.3) is 0 Å². The van der Waals surface area contributed by atoms with E-state index in [0.29, 0.717) is 25.8 Å². The zero-order valence-corrected chi connectivity index (χ0v) is 16.0. The van der Waals surface area contributed by atoms with Crippen molar-refractivity contribution in [3.05, 3.63) is 71.8 Å². The van der Waals surface area contributed by atoms with Crippen molar-refractivity contribution in [2.75, 3.05) is 19.6 Å². The lowest BCUT2D eigenvalue weighted by atomic mass is 9.70. The highest BCUT2D eigenvalue weighted by Gasteiger charge is 2.49. The number of carboxylic acids is 1. The molecule has 2 aromatic carbocycles. The molecule has 1 amide bonds. The summed E-state index contributed by atoms with van der Waals surface area (Å²) in [6, 6.07) is 19.6. The summed E-state index contributed by atoms with van der Waals surface area (Å²) in [4.78, 5) is 29.0. The first-order chi connectivity index (χ1) is 13.6. The molecule has 0 spiro atoms. The number of carboxylic acid groups (broad SMARTS) is 1. The average Bonchev–Trinajstić information content (AvgIpc) is 2.69. The van der Waals surface area contributed by atoms with Crippen LogP contribution in [0, 0.1) is 0 Å². The molecule has 1 unspecified atom stereocenters. The Morgan fingerprint density at radius 3 is 2.07 bits per heavy atom. The number of aliphatic carboxylic acids is 1. The second-order valence-corrected chi connectivity index (χ2v) is 7.85. The SMILES string of the molecule is O=C(O)C1CCN1C(=O)C1(c2ccccc2)CCN(Cc2ccccc2)CC1. The Bertz CT molecular complexity index is 829. The van der Waals surface area contributed by atoms with Crippen LogP contribution in [0.15, 0.2) is 60.7 Å². The summed E-state index contributed by atoms with van der Waals surface area (Å²) in [7, 11) is 0. The minimum Gasteiger partial charge on any atom is -0.480 e. The number of carbonyl (C=O) groups excluding carboxylic acids is 1. The van der Waals surface area contributed by atoms with Gasteiger partial charge in [-0.15, -0.1) is 0 Å². The van der Waals surface area contributed by atoms with E-state index in [2.05, 4.69) is 17.0 Å². The molecule has 0 bridgehead atoms. The monoisotopic (exact) mass is 378 g/mol. The minimum atomic E-state index is -0.899. The zero-order chi connectivity index (χ0) is 19.6. The third kappa shape index (κ3) is 3.42. The van der Waals surface area contributed by atoms with Crippen molar-refractivity contribution < 1.29 is 14.7 Å². The highest BCUT2D eigenvalue weighted by molar-refractivity contribution is 5.93. The summed E-state index contributed by atoms with van der Waals surface area (Å²) in [5.74, 6) is -0.916. The molecule has 2 aliphatic heterocycles. The van der Waals surface area contributed by atoms with Crippen LogP contribution in [0.3, 0.4) is 0 Å². The first-order valence-corrected chi connectivity index (χ1v) is 9.96. The van der Waals surface area contributed by atoms with E-state index in [1.54, 1.807) is 4.90 Å². The molecule has 2 aromatic rings.